The van der Waals surface area contributed by atoms with Crippen LogP contribution in [0, 0.1) is 13.8 Å². The van der Waals surface area contributed by atoms with Crippen molar-refractivity contribution in [2.75, 3.05) is 13.1 Å². The van der Waals surface area contributed by atoms with Gasteiger partial charge in [-0.25, -0.2) is 0 Å². The largest absolute Gasteiger partial charge is 0.488 e. The van der Waals surface area contributed by atoms with E-state index < -0.39 is 0 Å². The Morgan fingerprint density at radius 1 is 1.10 bits per heavy atom. The highest BCUT2D eigenvalue weighted by Crippen LogP contribution is 2.28. The maximum absolute atomic E-state index is 13.5. The van der Waals surface area contributed by atoms with Crippen molar-refractivity contribution in [1.29, 1.82) is 0 Å². The quantitative estimate of drug-likeness (QED) is 0.788. The van der Waals surface area contributed by atoms with Crippen molar-refractivity contribution in [2.24, 2.45) is 0 Å². The summed E-state index contributed by atoms with van der Waals surface area (Å²) < 4.78 is 13.1. The molecule has 0 aromatic carbocycles. The lowest BCUT2D eigenvalue weighted by Gasteiger charge is -2.29. The SMILES string of the molecule is Cc1noc(C)c1COc1cc(=O)n2c(c1C(=O)N1CCCCC1)CCCCC2. The predicted molar refractivity (Wildman–Crippen MR) is 108 cm³/mol. The number of piperidine rings is 1. The Bertz CT molecular complexity index is 934. The summed E-state index contributed by atoms with van der Waals surface area (Å²) in [5, 5.41) is 3.96. The number of nitrogens with zero attached hydrogens (tertiary/aromatic N) is 3. The normalized spacial score (nSPS) is 17.0. The monoisotopic (exact) mass is 399 g/mol. The number of aromatic nitrogens is 2. The first-order valence-electron chi connectivity index (χ1n) is 10.7. The van der Waals surface area contributed by atoms with E-state index >= 15 is 0 Å². The maximum atomic E-state index is 13.5. The molecular formula is C22H29N3O4. The van der Waals surface area contributed by atoms with Crippen molar-refractivity contribution >= 4 is 5.91 Å². The van der Waals surface area contributed by atoms with Gasteiger partial charge < -0.3 is 18.7 Å². The highest BCUT2D eigenvalue weighted by Gasteiger charge is 2.28. The van der Waals surface area contributed by atoms with Crippen molar-refractivity contribution in [3.05, 3.63) is 44.7 Å². The zero-order valence-electron chi connectivity index (χ0n) is 17.3. The van der Waals surface area contributed by atoms with E-state index in [-0.39, 0.29) is 18.1 Å². The number of aryl methyl sites for hydroxylation is 2. The molecule has 0 unspecified atom stereocenters. The van der Waals surface area contributed by atoms with Crippen LogP contribution in [-0.4, -0.2) is 33.6 Å². The molecule has 1 amide bonds. The third kappa shape index (κ3) is 3.95. The minimum atomic E-state index is -0.0918. The summed E-state index contributed by atoms with van der Waals surface area (Å²) >= 11 is 0. The molecule has 2 aliphatic rings. The smallest absolute Gasteiger partial charge is 0.259 e. The van der Waals surface area contributed by atoms with Crippen molar-refractivity contribution in [2.45, 2.75) is 71.9 Å². The number of rotatable bonds is 4. The molecule has 0 aliphatic carbocycles. The van der Waals surface area contributed by atoms with Gasteiger partial charge in [-0.1, -0.05) is 11.6 Å². The lowest BCUT2D eigenvalue weighted by Crippen LogP contribution is -2.38. The number of hydrogen-bond acceptors (Lipinski definition) is 5. The zero-order chi connectivity index (χ0) is 20.4. The fourth-order valence-electron chi connectivity index (χ4n) is 4.37. The highest BCUT2D eigenvalue weighted by molar-refractivity contribution is 5.98. The first-order chi connectivity index (χ1) is 14.1. The second-order valence-electron chi connectivity index (χ2n) is 8.08. The summed E-state index contributed by atoms with van der Waals surface area (Å²) in [6.07, 6.45) is 6.94. The Hall–Kier alpha value is -2.57. The van der Waals surface area contributed by atoms with E-state index in [4.69, 9.17) is 9.26 Å². The Morgan fingerprint density at radius 2 is 1.83 bits per heavy atom. The number of pyridine rings is 1. The topological polar surface area (TPSA) is 77.6 Å². The van der Waals surface area contributed by atoms with E-state index in [9.17, 15) is 9.59 Å². The number of amides is 1. The van der Waals surface area contributed by atoms with Gasteiger partial charge in [-0.05, 0) is 52.4 Å². The summed E-state index contributed by atoms with van der Waals surface area (Å²) in [7, 11) is 0. The second-order valence-corrected chi connectivity index (χ2v) is 8.08. The van der Waals surface area contributed by atoms with Gasteiger partial charge in [0, 0.05) is 31.4 Å². The molecule has 0 N–H and O–H groups in total. The lowest BCUT2D eigenvalue weighted by atomic mass is 10.0. The molecule has 2 aromatic heterocycles. The van der Waals surface area contributed by atoms with E-state index in [1.807, 2.05) is 18.7 Å². The molecule has 2 aliphatic heterocycles. The standard InChI is InChI=1S/C22H29N3O4/c1-15-17(16(2)29-23-15)14-28-19-13-20(26)25-12-8-3-5-9-18(25)21(19)22(27)24-10-6-4-7-11-24/h13H,3-12,14H2,1-2H3. The van der Waals surface area contributed by atoms with Gasteiger partial charge >= 0.3 is 0 Å². The average Bonchev–Trinajstić information content (AvgIpc) is 2.92. The summed E-state index contributed by atoms with van der Waals surface area (Å²) in [6.45, 7) is 6.12. The van der Waals surface area contributed by atoms with Gasteiger partial charge in [-0.15, -0.1) is 0 Å². The number of likely N-dealkylation sites (tertiary alicyclic amines) is 1. The van der Waals surface area contributed by atoms with Gasteiger partial charge in [-0.2, -0.15) is 0 Å². The number of ether oxygens (including phenoxy) is 1. The fraction of sp³-hybridized carbons (Fsp3) is 0.591. The number of carbonyl (C=O) groups excluding carboxylic acids is 1. The first kappa shape index (κ1) is 19.7. The maximum Gasteiger partial charge on any atom is 0.259 e. The minimum absolute atomic E-state index is 0.0101. The van der Waals surface area contributed by atoms with Crippen LogP contribution in [0.15, 0.2) is 15.4 Å². The number of carbonyl (C=O) groups is 1. The molecule has 0 radical (unpaired) electrons. The molecule has 0 saturated carbocycles. The number of hydrogen-bond donors (Lipinski definition) is 0. The van der Waals surface area contributed by atoms with Crippen LogP contribution in [0.5, 0.6) is 5.75 Å². The predicted octanol–water partition coefficient (Wildman–Crippen LogP) is 3.38. The average molecular weight is 399 g/mol. The molecule has 1 fully saturated rings. The Balaban J connectivity index is 1.74. The van der Waals surface area contributed by atoms with Crippen molar-refractivity contribution < 1.29 is 14.1 Å². The van der Waals surface area contributed by atoms with Gasteiger partial charge in [0.25, 0.3) is 11.5 Å². The van der Waals surface area contributed by atoms with Crippen LogP contribution in [0.3, 0.4) is 0 Å². The lowest BCUT2D eigenvalue weighted by molar-refractivity contribution is 0.0716. The minimum Gasteiger partial charge on any atom is -0.488 e. The van der Waals surface area contributed by atoms with Crippen LogP contribution in [0.2, 0.25) is 0 Å². The molecule has 0 spiro atoms. The Kier molecular flexibility index (Phi) is 5.74. The van der Waals surface area contributed by atoms with E-state index in [0.717, 1.165) is 75.0 Å². The van der Waals surface area contributed by atoms with E-state index in [2.05, 4.69) is 5.16 Å². The van der Waals surface area contributed by atoms with E-state index in [1.165, 1.54) is 6.07 Å². The molecular weight excluding hydrogens is 370 g/mol. The Labute approximate surface area is 170 Å². The van der Waals surface area contributed by atoms with Gasteiger partial charge in [0.2, 0.25) is 0 Å². The van der Waals surface area contributed by atoms with Crippen LogP contribution in [0.25, 0.3) is 0 Å². The van der Waals surface area contributed by atoms with Gasteiger partial charge in [0.05, 0.1) is 11.3 Å². The zero-order valence-corrected chi connectivity index (χ0v) is 17.3. The fourth-order valence-corrected chi connectivity index (χ4v) is 4.37. The van der Waals surface area contributed by atoms with Gasteiger partial charge in [-0.3, -0.25) is 9.59 Å². The van der Waals surface area contributed by atoms with Gasteiger partial charge in [0.15, 0.2) is 0 Å². The summed E-state index contributed by atoms with van der Waals surface area (Å²) in [4.78, 5) is 28.2. The highest BCUT2D eigenvalue weighted by atomic mass is 16.5. The Morgan fingerprint density at radius 3 is 2.55 bits per heavy atom. The number of fused-ring (bicyclic) bond motifs is 1. The summed E-state index contributed by atoms with van der Waals surface area (Å²) in [5.41, 5.74) is 2.93. The second kappa shape index (κ2) is 8.43. The molecule has 0 bridgehead atoms. The summed E-state index contributed by atoms with van der Waals surface area (Å²) in [6, 6.07) is 1.49. The third-order valence-corrected chi connectivity index (χ3v) is 6.09. The third-order valence-electron chi connectivity index (χ3n) is 6.09. The van der Waals surface area contributed by atoms with Crippen molar-refractivity contribution in [1.82, 2.24) is 14.6 Å². The van der Waals surface area contributed by atoms with E-state index in [1.54, 1.807) is 4.57 Å². The van der Waals surface area contributed by atoms with Crippen LogP contribution in [0.1, 0.15) is 71.6 Å². The molecule has 2 aromatic rings. The van der Waals surface area contributed by atoms with Crippen LogP contribution < -0.4 is 10.3 Å². The molecule has 156 valence electrons. The van der Waals surface area contributed by atoms with Crippen LogP contribution >= 0.6 is 0 Å². The van der Waals surface area contributed by atoms with Gasteiger partial charge in [0.1, 0.15) is 23.7 Å². The molecule has 7 nitrogen and oxygen atoms in total. The summed E-state index contributed by atoms with van der Waals surface area (Å²) in [5.74, 6) is 1.07. The molecule has 0 atom stereocenters. The molecule has 29 heavy (non-hydrogen) atoms. The molecule has 4 rings (SSSR count). The van der Waals surface area contributed by atoms with Crippen molar-refractivity contribution in [3.8, 4) is 5.75 Å². The van der Waals surface area contributed by atoms with E-state index in [0.29, 0.717) is 23.6 Å². The molecule has 1 saturated heterocycles. The van der Waals surface area contributed by atoms with Crippen LogP contribution in [-0.2, 0) is 19.6 Å². The molecule has 7 heteroatoms. The van der Waals surface area contributed by atoms with Crippen molar-refractivity contribution in [3.63, 3.8) is 0 Å². The molecule has 4 heterocycles. The van der Waals surface area contributed by atoms with Crippen LogP contribution in [0.4, 0.5) is 0 Å². The first-order valence-corrected chi connectivity index (χ1v) is 10.7.